The van der Waals surface area contributed by atoms with Crippen LogP contribution in [0.5, 0.6) is 5.75 Å². The van der Waals surface area contributed by atoms with E-state index in [1.54, 1.807) is 6.07 Å². The number of ether oxygens (including phenoxy) is 1. The summed E-state index contributed by atoms with van der Waals surface area (Å²) in [5.74, 6) is 0.894. The van der Waals surface area contributed by atoms with Gasteiger partial charge in [0.2, 0.25) is 0 Å². The Balaban J connectivity index is 1.52. The van der Waals surface area contributed by atoms with Crippen LogP contribution in [-0.4, -0.2) is 30.6 Å². The Morgan fingerprint density at radius 3 is 2.80 bits per heavy atom. The minimum absolute atomic E-state index is 0.410. The van der Waals surface area contributed by atoms with E-state index in [1.807, 2.05) is 12.1 Å². The molecule has 0 saturated carbocycles. The second-order valence-corrected chi connectivity index (χ2v) is 8.69. The maximum Gasteiger partial charge on any atom is 0.124 e. The molecule has 0 aromatic heterocycles. The predicted octanol–water partition coefficient (Wildman–Crippen LogP) is 6.30. The highest BCUT2D eigenvalue weighted by Gasteiger charge is 2.22. The van der Waals surface area contributed by atoms with Gasteiger partial charge in [0, 0.05) is 40.3 Å². The van der Waals surface area contributed by atoms with E-state index < -0.39 is 0 Å². The second kappa shape index (κ2) is 10.0. The zero-order valence-electron chi connectivity index (χ0n) is 17.3. The van der Waals surface area contributed by atoms with Crippen molar-refractivity contribution >= 4 is 34.0 Å². The summed E-state index contributed by atoms with van der Waals surface area (Å²) < 4.78 is 6.24. The topological polar surface area (TPSA) is 24.5 Å². The molecular formula is C25H28Cl2N2O. The second-order valence-electron chi connectivity index (χ2n) is 7.84. The van der Waals surface area contributed by atoms with E-state index in [4.69, 9.17) is 27.9 Å². The summed E-state index contributed by atoms with van der Waals surface area (Å²) >= 11 is 12.4. The van der Waals surface area contributed by atoms with Crippen LogP contribution in [0.25, 0.3) is 10.8 Å². The summed E-state index contributed by atoms with van der Waals surface area (Å²) in [4.78, 5) is 2.57. The van der Waals surface area contributed by atoms with Crippen LogP contribution in [0, 0.1) is 0 Å². The van der Waals surface area contributed by atoms with Crippen molar-refractivity contribution in [2.45, 2.75) is 39.0 Å². The van der Waals surface area contributed by atoms with Crippen molar-refractivity contribution in [3.8, 4) is 5.75 Å². The molecule has 1 aliphatic rings. The van der Waals surface area contributed by atoms with Gasteiger partial charge in [-0.15, -0.1) is 0 Å². The first-order chi connectivity index (χ1) is 14.7. The van der Waals surface area contributed by atoms with Gasteiger partial charge in [0.05, 0.1) is 0 Å². The number of fused-ring (bicyclic) bond motifs is 1. The van der Waals surface area contributed by atoms with E-state index in [9.17, 15) is 0 Å². The monoisotopic (exact) mass is 442 g/mol. The summed E-state index contributed by atoms with van der Waals surface area (Å²) in [6.07, 6.45) is 2.57. The lowest BCUT2D eigenvalue weighted by molar-refractivity contribution is 0.259. The summed E-state index contributed by atoms with van der Waals surface area (Å²) in [6, 6.07) is 18.8. The van der Waals surface area contributed by atoms with Crippen LogP contribution in [0.15, 0.2) is 54.6 Å². The van der Waals surface area contributed by atoms with Gasteiger partial charge in [-0.2, -0.15) is 0 Å². The maximum atomic E-state index is 6.33. The molecule has 1 saturated heterocycles. The van der Waals surface area contributed by atoms with E-state index in [0.717, 1.165) is 30.9 Å². The van der Waals surface area contributed by atoms with Gasteiger partial charge in [0.25, 0.3) is 0 Å². The molecule has 5 heteroatoms. The molecular weight excluding hydrogens is 415 g/mol. The number of likely N-dealkylation sites (tertiary alicyclic amines) is 1. The van der Waals surface area contributed by atoms with Crippen molar-refractivity contribution in [2.24, 2.45) is 0 Å². The number of rotatable bonds is 8. The molecule has 1 heterocycles. The van der Waals surface area contributed by atoms with Gasteiger partial charge in [-0.25, -0.2) is 0 Å². The van der Waals surface area contributed by atoms with E-state index in [0.29, 0.717) is 22.7 Å². The Labute approximate surface area is 188 Å². The Bertz CT molecular complexity index is 1010. The van der Waals surface area contributed by atoms with E-state index in [2.05, 4.69) is 53.5 Å². The fourth-order valence-corrected chi connectivity index (χ4v) is 4.80. The Hall–Kier alpha value is -1.78. The average molecular weight is 443 g/mol. The van der Waals surface area contributed by atoms with Gasteiger partial charge in [-0.3, -0.25) is 4.90 Å². The molecule has 0 aliphatic carbocycles. The van der Waals surface area contributed by atoms with E-state index in [1.165, 1.54) is 35.7 Å². The van der Waals surface area contributed by atoms with Crippen molar-refractivity contribution in [1.82, 2.24) is 10.2 Å². The fourth-order valence-electron chi connectivity index (χ4n) is 4.33. The Morgan fingerprint density at radius 1 is 1.10 bits per heavy atom. The first kappa shape index (κ1) is 21.5. The van der Waals surface area contributed by atoms with Crippen LogP contribution >= 0.6 is 23.2 Å². The van der Waals surface area contributed by atoms with Gasteiger partial charge >= 0.3 is 0 Å². The lowest BCUT2D eigenvalue weighted by Crippen LogP contribution is -2.37. The number of nitrogens with one attached hydrogen (secondary N) is 1. The number of hydrogen-bond acceptors (Lipinski definition) is 3. The van der Waals surface area contributed by atoms with Crippen LogP contribution in [0.1, 0.15) is 30.9 Å². The highest BCUT2D eigenvalue weighted by molar-refractivity contribution is 6.35. The van der Waals surface area contributed by atoms with Crippen molar-refractivity contribution in [2.75, 3.05) is 19.6 Å². The largest absolute Gasteiger partial charge is 0.488 e. The molecule has 1 fully saturated rings. The van der Waals surface area contributed by atoms with E-state index in [-0.39, 0.29) is 0 Å². The third-order valence-electron chi connectivity index (χ3n) is 5.98. The van der Waals surface area contributed by atoms with E-state index >= 15 is 0 Å². The van der Waals surface area contributed by atoms with Crippen LogP contribution < -0.4 is 10.1 Å². The molecule has 0 bridgehead atoms. The van der Waals surface area contributed by atoms with Crippen LogP contribution in [0.2, 0.25) is 10.0 Å². The van der Waals surface area contributed by atoms with Crippen molar-refractivity contribution < 1.29 is 4.74 Å². The molecule has 3 aromatic rings. The molecule has 3 aromatic carbocycles. The Kier molecular flexibility index (Phi) is 7.16. The molecule has 4 rings (SSSR count). The van der Waals surface area contributed by atoms with Crippen LogP contribution in [0.3, 0.4) is 0 Å². The van der Waals surface area contributed by atoms with Gasteiger partial charge in [0.15, 0.2) is 0 Å². The third-order valence-corrected chi connectivity index (χ3v) is 6.57. The average Bonchev–Trinajstić information content (AvgIpc) is 3.21. The standard InChI is InChI=1S/C25H28Cl2N2O/c1-2-29-13-5-7-21(29)15-28-16-23-22-8-4-3-6-18(22)10-12-25(23)30-17-19-9-11-20(26)14-24(19)27/h3-4,6,8-12,14,21,28H,2,5,7,13,15-17H2,1H3/t21-/m0/s1. The quantitative estimate of drug-likeness (QED) is 0.442. The molecule has 0 radical (unpaired) electrons. The molecule has 0 spiro atoms. The number of likely N-dealkylation sites (N-methyl/N-ethyl adjacent to an activating group) is 1. The highest BCUT2D eigenvalue weighted by Crippen LogP contribution is 2.30. The number of nitrogens with zero attached hydrogens (tertiary/aromatic N) is 1. The zero-order valence-corrected chi connectivity index (χ0v) is 18.8. The minimum Gasteiger partial charge on any atom is -0.488 e. The molecule has 30 heavy (non-hydrogen) atoms. The SMILES string of the molecule is CCN1CCC[C@H]1CNCc1c(OCc2ccc(Cl)cc2Cl)ccc2ccccc12. The van der Waals surface area contributed by atoms with Crippen LogP contribution in [-0.2, 0) is 13.2 Å². The molecule has 158 valence electrons. The minimum atomic E-state index is 0.410. The first-order valence-electron chi connectivity index (χ1n) is 10.7. The lowest BCUT2D eigenvalue weighted by atomic mass is 10.0. The van der Waals surface area contributed by atoms with Gasteiger partial charge in [-0.1, -0.05) is 66.5 Å². The molecule has 3 nitrogen and oxygen atoms in total. The highest BCUT2D eigenvalue weighted by atomic mass is 35.5. The van der Waals surface area contributed by atoms with Gasteiger partial charge in [0.1, 0.15) is 12.4 Å². The van der Waals surface area contributed by atoms with Crippen molar-refractivity contribution in [3.63, 3.8) is 0 Å². The summed E-state index contributed by atoms with van der Waals surface area (Å²) in [6.45, 7) is 6.77. The first-order valence-corrected chi connectivity index (χ1v) is 11.4. The predicted molar refractivity (Wildman–Crippen MR) is 127 cm³/mol. The number of hydrogen-bond donors (Lipinski definition) is 1. The molecule has 0 unspecified atom stereocenters. The summed E-state index contributed by atoms with van der Waals surface area (Å²) in [7, 11) is 0. The van der Waals surface area contributed by atoms with Gasteiger partial charge < -0.3 is 10.1 Å². The zero-order chi connectivity index (χ0) is 20.9. The number of benzene rings is 3. The molecule has 1 N–H and O–H groups in total. The van der Waals surface area contributed by atoms with Gasteiger partial charge in [-0.05, 0) is 54.9 Å². The van der Waals surface area contributed by atoms with Crippen LogP contribution in [0.4, 0.5) is 0 Å². The normalized spacial score (nSPS) is 17.0. The van der Waals surface area contributed by atoms with Crippen molar-refractivity contribution in [3.05, 3.63) is 75.8 Å². The summed E-state index contributed by atoms with van der Waals surface area (Å²) in [5, 5.41) is 7.40. The lowest BCUT2D eigenvalue weighted by Gasteiger charge is -2.23. The maximum absolute atomic E-state index is 6.33. The Morgan fingerprint density at radius 2 is 1.97 bits per heavy atom. The molecule has 1 aliphatic heterocycles. The third kappa shape index (κ3) is 4.92. The smallest absolute Gasteiger partial charge is 0.124 e. The number of halogens is 2. The van der Waals surface area contributed by atoms with Crippen molar-refractivity contribution in [1.29, 1.82) is 0 Å². The summed E-state index contributed by atoms with van der Waals surface area (Å²) in [5.41, 5.74) is 2.12. The molecule has 1 atom stereocenters. The molecule has 0 amide bonds. The fraction of sp³-hybridized carbons (Fsp3) is 0.360.